The van der Waals surface area contributed by atoms with Crippen LogP contribution in [0.25, 0.3) is 0 Å². The van der Waals surface area contributed by atoms with Crippen molar-refractivity contribution in [2.24, 2.45) is 4.99 Å². The zero-order chi connectivity index (χ0) is 23.1. The molecule has 0 bridgehead atoms. The standard InChI is InChI=1S/C22H28F3N3O4/c23-22(24,25)32-18-3-1-16(2-4-18)17-13-20(30)19(21(31)14-17)15-26-5-6-27-7-9-28(10-8-27)11-12-29/h1-4,15,17,29-30H,5-14H2. The van der Waals surface area contributed by atoms with Gasteiger partial charge in [-0.25, -0.2) is 0 Å². The molecule has 2 N–H and O–H groups in total. The summed E-state index contributed by atoms with van der Waals surface area (Å²) in [5.41, 5.74) is 0.863. The van der Waals surface area contributed by atoms with E-state index in [4.69, 9.17) is 5.11 Å². The Kier molecular flexibility index (Phi) is 8.27. The highest BCUT2D eigenvalue weighted by Gasteiger charge is 2.31. The summed E-state index contributed by atoms with van der Waals surface area (Å²) in [6, 6.07) is 5.36. The number of carbonyl (C=O) groups excluding carboxylic acids is 1. The van der Waals surface area contributed by atoms with E-state index in [1.807, 2.05) is 0 Å². The molecule has 1 heterocycles. The van der Waals surface area contributed by atoms with Crippen LogP contribution in [-0.4, -0.2) is 90.8 Å². The van der Waals surface area contributed by atoms with Crippen molar-refractivity contribution >= 4 is 12.0 Å². The van der Waals surface area contributed by atoms with Gasteiger partial charge in [-0.2, -0.15) is 0 Å². The molecule has 176 valence electrons. The average molecular weight is 455 g/mol. The highest BCUT2D eigenvalue weighted by molar-refractivity contribution is 6.14. The summed E-state index contributed by atoms with van der Waals surface area (Å²) >= 11 is 0. The first-order valence-corrected chi connectivity index (χ1v) is 10.6. The van der Waals surface area contributed by atoms with Gasteiger partial charge in [0.1, 0.15) is 11.5 Å². The number of carbonyl (C=O) groups is 1. The van der Waals surface area contributed by atoms with Gasteiger partial charge in [0.15, 0.2) is 5.78 Å². The number of aliphatic imine (C=N–C) groups is 1. The van der Waals surface area contributed by atoms with Crippen molar-refractivity contribution in [2.45, 2.75) is 25.1 Å². The van der Waals surface area contributed by atoms with Crippen molar-refractivity contribution < 1.29 is 32.9 Å². The van der Waals surface area contributed by atoms with E-state index >= 15 is 0 Å². The van der Waals surface area contributed by atoms with Gasteiger partial charge in [0, 0.05) is 58.3 Å². The quantitative estimate of drug-likeness (QED) is 0.586. The lowest BCUT2D eigenvalue weighted by Gasteiger charge is -2.33. The number of aliphatic hydroxyl groups is 2. The van der Waals surface area contributed by atoms with Crippen LogP contribution in [0.2, 0.25) is 0 Å². The number of hydrogen-bond donors (Lipinski definition) is 2. The maximum absolute atomic E-state index is 12.5. The predicted octanol–water partition coefficient (Wildman–Crippen LogP) is 2.52. The minimum Gasteiger partial charge on any atom is -0.511 e. The Labute approximate surface area is 184 Å². The van der Waals surface area contributed by atoms with Crippen molar-refractivity contribution in [1.82, 2.24) is 9.80 Å². The molecule has 1 aliphatic carbocycles. The summed E-state index contributed by atoms with van der Waals surface area (Å²) in [7, 11) is 0. The maximum atomic E-state index is 12.5. The van der Waals surface area contributed by atoms with E-state index in [1.54, 1.807) is 0 Å². The summed E-state index contributed by atoms with van der Waals surface area (Å²) in [5, 5.41) is 19.3. The van der Waals surface area contributed by atoms with E-state index in [0.717, 1.165) is 32.7 Å². The zero-order valence-corrected chi connectivity index (χ0v) is 17.7. The first-order chi connectivity index (χ1) is 15.2. The molecule has 1 aliphatic heterocycles. The zero-order valence-electron chi connectivity index (χ0n) is 17.7. The Morgan fingerprint density at radius 2 is 1.69 bits per heavy atom. The maximum Gasteiger partial charge on any atom is 0.573 e. The van der Waals surface area contributed by atoms with Gasteiger partial charge in [-0.1, -0.05) is 12.1 Å². The SMILES string of the molecule is O=C1CC(c2ccc(OC(F)(F)F)cc2)CC(O)=C1C=NCCN1CCN(CCO)CC1. The van der Waals surface area contributed by atoms with E-state index in [0.29, 0.717) is 18.7 Å². The number of allylic oxidation sites excluding steroid dienone is 2. The minimum absolute atomic E-state index is 0.0526. The van der Waals surface area contributed by atoms with Crippen LogP contribution in [0.15, 0.2) is 40.6 Å². The monoisotopic (exact) mass is 455 g/mol. The third kappa shape index (κ3) is 7.04. The van der Waals surface area contributed by atoms with Gasteiger partial charge in [0.2, 0.25) is 0 Å². The molecule has 32 heavy (non-hydrogen) atoms. The normalized spacial score (nSPS) is 21.5. The van der Waals surface area contributed by atoms with Gasteiger partial charge >= 0.3 is 6.36 Å². The average Bonchev–Trinajstić information content (AvgIpc) is 2.73. The van der Waals surface area contributed by atoms with Crippen LogP contribution in [0.5, 0.6) is 5.75 Å². The molecule has 0 radical (unpaired) electrons. The Hall–Kier alpha value is -2.43. The van der Waals surface area contributed by atoms with E-state index in [-0.39, 0.29) is 48.2 Å². The van der Waals surface area contributed by atoms with Gasteiger partial charge in [-0.05, 0) is 23.6 Å². The fourth-order valence-corrected chi connectivity index (χ4v) is 3.97. The Morgan fingerprint density at radius 3 is 2.25 bits per heavy atom. The van der Waals surface area contributed by atoms with Crippen molar-refractivity contribution in [3.05, 3.63) is 41.2 Å². The van der Waals surface area contributed by atoms with Gasteiger partial charge in [0.05, 0.1) is 18.7 Å². The number of piperazine rings is 1. The number of ketones is 1. The third-order valence-corrected chi connectivity index (χ3v) is 5.71. The van der Waals surface area contributed by atoms with Crippen molar-refractivity contribution in [2.75, 3.05) is 52.4 Å². The highest BCUT2D eigenvalue weighted by Crippen LogP contribution is 2.34. The molecule has 1 aromatic rings. The lowest BCUT2D eigenvalue weighted by atomic mass is 9.83. The smallest absolute Gasteiger partial charge is 0.511 e. The Bertz CT molecular complexity index is 832. The van der Waals surface area contributed by atoms with E-state index in [1.165, 1.54) is 30.5 Å². The number of benzene rings is 1. The Morgan fingerprint density at radius 1 is 1.06 bits per heavy atom. The highest BCUT2D eigenvalue weighted by atomic mass is 19.4. The molecule has 1 saturated heterocycles. The summed E-state index contributed by atoms with van der Waals surface area (Å²) in [4.78, 5) is 21.3. The predicted molar refractivity (Wildman–Crippen MR) is 113 cm³/mol. The number of Topliss-reactive ketones (excluding diaryl/α,β-unsaturated/α-hetero) is 1. The number of halogens is 3. The van der Waals surface area contributed by atoms with Gasteiger partial charge in [0.25, 0.3) is 0 Å². The topological polar surface area (TPSA) is 85.6 Å². The molecule has 7 nitrogen and oxygen atoms in total. The van der Waals surface area contributed by atoms with Crippen LogP contribution in [-0.2, 0) is 4.79 Å². The second-order valence-electron chi connectivity index (χ2n) is 7.95. The molecule has 10 heteroatoms. The van der Waals surface area contributed by atoms with E-state index < -0.39 is 6.36 Å². The molecule has 2 aliphatic rings. The van der Waals surface area contributed by atoms with Crippen molar-refractivity contribution in [1.29, 1.82) is 0 Å². The lowest BCUT2D eigenvalue weighted by Crippen LogP contribution is -2.47. The number of β-amino-alcohol motifs (C(OH)–C–C–N with tert-alkyl or cyclic N) is 1. The lowest BCUT2D eigenvalue weighted by molar-refractivity contribution is -0.274. The first-order valence-electron chi connectivity index (χ1n) is 10.6. The summed E-state index contributed by atoms with van der Waals surface area (Å²) < 4.78 is 40.7. The fraction of sp³-hybridized carbons (Fsp3) is 0.545. The third-order valence-electron chi connectivity index (χ3n) is 5.71. The van der Waals surface area contributed by atoms with E-state index in [2.05, 4.69) is 19.5 Å². The molecule has 0 saturated carbocycles. The van der Waals surface area contributed by atoms with Gasteiger partial charge in [-0.3, -0.25) is 19.6 Å². The molecular weight excluding hydrogens is 427 g/mol. The first kappa shape index (κ1) is 24.2. The summed E-state index contributed by atoms with van der Waals surface area (Å²) in [6.07, 6.45) is -2.96. The molecule has 1 atom stereocenters. The number of ether oxygens (including phenoxy) is 1. The number of nitrogens with zero attached hydrogens (tertiary/aromatic N) is 3. The van der Waals surface area contributed by atoms with Gasteiger partial charge in [-0.15, -0.1) is 13.2 Å². The molecule has 1 unspecified atom stereocenters. The molecule has 1 fully saturated rings. The van der Waals surface area contributed by atoms with Crippen LogP contribution in [0.1, 0.15) is 24.3 Å². The minimum atomic E-state index is -4.76. The molecule has 0 amide bonds. The molecule has 0 spiro atoms. The van der Waals surface area contributed by atoms with Crippen LogP contribution in [0, 0.1) is 0 Å². The number of aliphatic hydroxyl groups excluding tert-OH is 2. The van der Waals surface area contributed by atoms with Gasteiger partial charge < -0.3 is 14.9 Å². The molecule has 3 rings (SSSR count). The van der Waals surface area contributed by atoms with Crippen LogP contribution < -0.4 is 4.74 Å². The number of hydrogen-bond acceptors (Lipinski definition) is 7. The largest absolute Gasteiger partial charge is 0.573 e. The molecule has 1 aromatic carbocycles. The summed E-state index contributed by atoms with van der Waals surface area (Å²) in [5.74, 6) is -0.931. The van der Waals surface area contributed by atoms with Crippen LogP contribution in [0.3, 0.4) is 0 Å². The number of rotatable bonds is 8. The van der Waals surface area contributed by atoms with Crippen LogP contribution >= 0.6 is 0 Å². The fourth-order valence-electron chi connectivity index (χ4n) is 3.97. The number of alkyl halides is 3. The second kappa shape index (κ2) is 10.9. The van der Waals surface area contributed by atoms with Crippen molar-refractivity contribution in [3.8, 4) is 5.75 Å². The summed E-state index contributed by atoms with van der Waals surface area (Å²) in [6.45, 7) is 5.71. The van der Waals surface area contributed by atoms with Crippen molar-refractivity contribution in [3.63, 3.8) is 0 Å². The molecule has 0 aromatic heterocycles. The van der Waals surface area contributed by atoms with E-state index in [9.17, 15) is 23.1 Å². The molecular formula is C22H28F3N3O4. The van der Waals surface area contributed by atoms with Crippen LogP contribution in [0.4, 0.5) is 13.2 Å². The second-order valence-corrected chi connectivity index (χ2v) is 7.95. The Balaban J connectivity index is 1.50.